The van der Waals surface area contributed by atoms with Gasteiger partial charge in [-0.3, -0.25) is 4.72 Å². The van der Waals surface area contributed by atoms with Crippen molar-refractivity contribution in [3.8, 4) is 5.82 Å². The topological polar surface area (TPSA) is 76.9 Å². The smallest absolute Gasteiger partial charge is 0.261 e. The van der Waals surface area contributed by atoms with Crippen LogP contribution in [0, 0.1) is 0 Å². The Bertz CT molecular complexity index is 900. The maximum absolute atomic E-state index is 12.4. The van der Waals surface area contributed by atoms with Gasteiger partial charge in [-0.05, 0) is 41.8 Å². The van der Waals surface area contributed by atoms with Crippen molar-refractivity contribution in [1.29, 1.82) is 0 Å². The summed E-state index contributed by atoms with van der Waals surface area (Å²) in [5, 5.41) is 4.08. The van der Waals surface area contributed by atoms with Crippen LogP contribution in [0.2, 0.25) is 0 Å². The Hall–Kier alpha value is -2.67. The lowest BCUT2D eigenvalue weighted by molar-refractivity contribution is 0.601. The molecule has 0 fully saturated rings. The number of anilines is 1. The minimum atomic E-state index is -3.63. The van der Waals surface area contributed by atoms with Crippen molar-refractivity contribution in [3.63, 3.8) is 0 Å². The minimum absolute atomic E-state index is 0.225. The Morgan fingerprint density at radius 2 is 1.83 bits per heavy atom. The molecule has 6 nitrogen and oxygen atoms in total. The molecule has 2 heterocycles. The zero-order valence-corrected chi connectivity index (χ0v) is 14.2. The van der Waals surface area contributed by atoms with Crippen LogP contribution in [0.1, 0.15) is 25.3 Å². The van der Waals surface area contributed by atoms with E-state index in [1.807, 2.05) is 12.1 Å². The normalized spacial score (nSPS) is 11.6. The average molecular weight is 342 g/mol. The van der Waals surface area contributed by atoms with Gasteiger partial charge in [0.1, 0.15) is 0 Å². The summed E-state index contributed by atoms with van der Waals surface area (Å²) < 4.78 is 29.0. The Balaban J connectivity index is 1.79. The van der Waals surface area contributed by atoms with Gasteiger partial charge in [0.25, 0.3) is 10.0 Å². The fraction of sp³-hybridized carbons (Fsp3) is 0.176. The molecule has 0 saturated carbocycles. The predicted molar refractivity (Wildman–Crippen MR) is 92.7 cm³/mol. The van der Waals surface area contributed by atoms with Gasteiger partial charge in [-0.15, -0.1) is 0 Å². The Kier molecular flexibility index (Phi) is 4.35. The van der Waals surface area contributed by atoms with Crippen molar-refractivity contribution < 1.29 is 8.42 Å². The molecular weight excluding hydrogens is 324 g/mol. The Morgan fingerprint density at radius 1 is 1.08 bits per heavy atom. The van der Waals surface area contributed by atoms with Gasteiger partial charge in [0.2, 0.25) is 0 Å². The van der Waals surface area contributed by atoms with Gasteiger partial charge < -0.3 is 0 Å². The van der Waals surface area contributed by atoms with Crippen molar-refractivity contribution in [3.05, 3.63) is 66.6 Å². The number of hydrogen-bond donors (Lipinski definition) is 1. The first-order valence-corrected chi connectivity index (χ1v) is 9.03. The van der Waals surface area contributed by atoms with E-state index >= 15 is 0 Å². The molecule has 7 heteroatoms. The van der Waals surface area contributed by atoms with E-state index < -0.39 is 10.0 Å². The zero-order chi connectivity index (χ0) is 17.2. The van der Waals surface area contributed by atoms with Crippen molar-refractivity contribution >= 4 is 15.7 Å². The van der Waals surface area contributed by atoms with Crippen LogP contribution in [0.5, 0.6) is 0 Å². The summed E-state index contributed by atoms with van der Waals surface area (Å²) in [5.74, 6) is 0.970. The van der Waals surface area contributed by atoms with Crippen LogP contribution in [-0.4, -0.2) is 23.2 Å². The lowest BCUT2D eigenvalue weighted by Crippen LogP contribution is -2.13. The second kappa shape index (κ2) is 6.45. The van der Waals surface area contributed by atoms with Gasteiger partial charge >= 0.3 is 0 Å². The fourth-order valence-corrected chi connectivity index (χ4v) is 3.28. The van der Waals surface area contributed by atoms with Gasteiger partial charge in [0, 0.05) is 12.4 Å². The van der Waals surface area contributed by atoms with E-state index in [2.05, 4.69) is 28.7 Å². The van der Waals surface area contributed by atoms with E-state index in [4.69, 9.17) is 0 Å². The van der Waals surface area contributed by atoms with Crippen molar-refractivity contribution in [2.24, 2.45) is 0 Å². The van der Waals surface area contributed by atoms with Crippen LogP contribution in [0.4, 0.5) is 5.69 Å². The molecule has 2 aromatic heterocycles. The van der Waals surface area contributed by atoms with Crippen molar-refractivity contribution in [2.75, 3.05) is 4.72 Å². The van der Waals surface area contributed by atoms with E-state index in [1.54, 1.807) is 47.4 Å². The molecule has 0 aliphatic rings. The second-order valence-corrected chi connectivity index (χ2v) is 7.37. The summed E-state index contributed by atoms with van der Waals surface area (Å²) in [4.78, 5) is 4.43. The number of hydrogen-bond acceptors (Lipinski definition) is 4. The molecule has 1 N–H and O–H groups in total. The maximum atomic E-state index is 12.4. The molecule has 0 aliphatic heterocycles. The predicted octanol–water partition coefficient (Wildman–Crippen LogP) is 3.19. The second-order valence-electron chi connectivity index (χ2n) is 5.68. The number of aromatic nitrogens is 3. The van der Waals surface area contributed by atoms with Crippen LogP contribution in [0.15, 0.2) is 66.0 Å². The lowest BCUT2D eigenvalue weighted by Gasteiger charge is -2.10. The molecule has 0 unspecified atom stereocenters. The third kappa shape index (κ3) is 3.46. The summed E-state index contributed by atoms with van der Waals surface area (Å²) in [5.41, 5.74) is 1.50. The maximum Gasteiger partial charge on any atom is 0.261 e. The third-order valence-electron chi connectivity index (χ3n) is 3.60. The molecule has 0 bridgehead atoms. The molecule has 124 valence electrons. The van der Waals surface area contributed by atoms with Crippen LogP contribution >= 0.6 is 0 Å². The van der Waals surface area contributed by atoms with Crippen LogP contribution in [0.3, 0.4) is 0 Å². The van der Waals surface area contributed by atoms with Crippen molar-refractivity contribution in [2.45, 2.75) is 24.7 Å². The molecule has 0 saturated heterocycles. The van der Waals surface area contributed by atoms with Crippen LogP contribution < -0.4 is 4.72 Å². The summed E-state index contributed by atoms with van der Waals surface area (Å²) in [6.07, 6.45) is 4.89. The van der Waals surface area contributed by atoms with Crippen LogP contribution in [-0.2, 0) is 10.0 Å². The molecule has 0 atom stereocenters. The fourth-order valence-electron chi connectivity index (χ4n) is 2.23. The summed E-state index contributed by atoms with van der Waals surface area (Å²) in [7, 11) is -3.63. The monoisotopic (exact) mass is 342 g/mol. The highest BCUT2D eigenvalue weighted by Crippen LogP contribution is 2.20. The van der Waals surface area contributed by atoms with E-state index in [-0.39, 0.29) is 4.90 Å². The van der Waals surface area contributed by atoms with Gasteiger partial charge in [-0.25, -0.2) is 18.1 Å². The van der Waals surface area contributed by atoms with E-state index in [1.165, 1.54) is 6.20 Å². The first-order chi connectivity index (χ1) is 11.5. The third-order valence-corrected chi connectivity index (χ3v) is 4.99. The Labute approximate surface area is 141 Å². The summed E-state index contributed by atoms with van der Waals surface area (Å²) in [6, 6.07) is 12.0. The van der Waals surface area contributed by atoms with Gasteiger partial charge in [-0.1, -0.05) is 26.0 Å². The van der Waals surface area contributed by atoms with Gasteiger partial charge in [0.05, 0.1) is 16.8 Å². The van der Waals surface area contributed by atoms with E-state index in [9.17, 15) is 8.42 Å². The summed E-state index contributed by atoms with van der Waals surface area (Å²) >= 11 is 0. The van der Waals surface area contributed by atoms with E-state index in [0.717, 1.165) is 5.56 Å². The molecule has 3 aromatic rings. The molecule has 0 spiro atoms. The number of nitrogens with zero attached hydrogens (tertiary/aromatic N) is 3. The molecular formula is C17H18N4O2S. The van der Waals surface area contributed by atoms with Gasteiger partial charge in [-0.2, -0.15) is 5.10 Å². The van der Waals surface area contributed by atoms with Gasteiger partial charge in [0.15, 0.2) is 5.82 Å². The number of benzene rings is 1. The minimum Gasteiger partial charge on any atom is -0.278 e. The molecule has 3 rings (SSSR count). The first-order valence-electron chi connectivity index (χ1n) is 7.54. The number of rotatable bonds is 5. The van der Waals surface area contributed by atoms with Crippen molar-refractivity contribution in [1.82, 2.24) is 14.8 Å². The number of pyridine rings is 1. The molecule has 0 aliphatic carbocycles. The SMILES string of the molecule is CC(C)c1ccc(S(=O)(=O)Nc2ccc(-n3cccn3)nc2)cc1. The average Bonchev–Trinajstić information content (AvgIpc) is 3.10. The largest absolute Gasteiger partial charge is 0.278 e. The highest BCUT2D eigenvalue weighted by Gasteiger charge is 2.14. The number of sulfonamides is 1. The molecule has 0 amide bonds. The van der Waals surface area contributed by atoms with E-state index in [0.29, 0.717) is 17.4 Å². The Morgan fingerprint density at radius 3 is 2.38 bits per heavy atom. The molecule has 24 heavy (non-hydrogen) atoms. The quantitative estimate of drug-likeness (QED) is 0.772. The molecule has 1 aromatic carbocycles. The molecule has 0 radical (unpaired) electrons. The number of nitrogens with one attached hydrogen (secondary N) is 1. The standard InChI is InChI=1S/C17H18N4O2S/c1-13(2)14-4-7-16(8-5-14)24(22,23)20-15-6-9-17(18-12-15)21-11-3-10-19-21/h3-13,20H,1-2H3. The first kappa shape index (κ1) is 16.2. The highest BCUT2D eigenvalue weighted by molar-refractivity contribution is 7.92. The highest BCUT2D eigenvalue weighted by atomic mass is 32.2. The summed E-state index contributed by atoms with van der Waals surface area (Å²) in [6.45, 7) is 4.13. The lowest BCUT2D eigenvalue weighted by atomic mass is 10.0. The zero-order valence-electron chi connectivity index (χ0n) is 13.4. The van der Waals surface area contributed by atoms with Crippen LogP contribution in [0.25, 0.3) is 5.82 Å².